The van der Waals surface area contributed by atoms with E-state index in [-0.39, 0.29) is 5.91 Å². The molecule has 1 unspecified atom stereocenters. The monoisotopic (exact) mass is 246 g/mol. The van der Waals surface area contributed by atoms with Crippen LogP contribution in [-0.2, 0) is 4.79 Å². The van der Waals surface area contributed by atoms with Gasteiger partial charge in [-0.25, -0.2) is 0 Å². The van der Waals surface area contributed by atoms with Crippen LogP contribution in [0.1, 0.15) is 25.3 Å². The molecule has 2 rings (SSSR count). The Morgan fingerprint density at radius 1 is 1.44 bits per heavy atom. The third kappa shape index (κ3) is 2.91. The number of hydrogen-bond acceptors (Lipinski definition) is 2. The lowest BCUT2D eigenvalue weighted by atomic mass is 10.0. The van der Waals surface area contributed by atoms with Crippen LogP contribution >= 0.6 is 0 Å². The second kappa shape index (κ2) is 6.01. The first-order valence-electron chi connectivity index (χ1n) is 6.79. The second-order valence-corrected chi connectivity index (χ2v) is 4.99. The van der Waals surface area contributed by atoms with Crippen LogP contribution in [0.3, 0.4) is 0 Å². The summed E-state index contributed by atoms with van der Waals surface area (Å²) in [5.74, 6) is 0.760. The number of amides is 1. The number of hydrogen-bond donors (Lipinski definition) is 1. The van der Waals surface area contributed by atoms with Crippen LogP contribution < -0.4 is 10.2 Å². The molecular weight excluding hydrogens is 224 g/mol. The van der Waals surface area contributed by atoms with E-state index in [9.17, 15) is 4.79 Å². The molecule has 1 aromatic rings. The number of aryl methyl sites for hydroxylation is 1. The zero-order valence-electron chi connectivity index (χ0n) is 11.3. The predicted octanol–water partition coefficient (Wildman–Crippen LogP) is 2.35. The van der Waals surface area contributed by atoms with E-state index in [2.05, 4.69) is 18.3 Å². The van der Waals surface area contributed by atoms with Crippen molar-refractivity contribution in [3.63, 3.8) is 0 Å². The molecule has 3 nitrogen and oxygen atoms in total. The molecule has 0 bridgehead atoms. The Bertz CT molecular complexity index is 411. The fourth-order valence-corrected chi connectivity index (χ4v) is 2.59. The highest BCUT2D eigenvalue weighted by Gasteiger charge is 2.22. The van der Waals surface area contributed by atoms with Crippen LogP contribution in [0.4, 0.5) is 5.69 Å². The molecule has 0 radical (unpaired) electrons. The number of rotatable bonds is 4. The van der Waals surface area contributed by atoms with Crippen LogP contribution in [0.5, 0.6) is 0 Å². The normalized spacial score (nSPS) is 18.9. The first kappa shape index (κ1) is 13.1. The smallest absolute Gasteiger partial charge is 0.227 e. The molecule has 0 aliphatic carbocycles. The molecule has 3 heteroatoms. The Labute approximate surface area is 109 Å². The van der Waals surface area contributed by atoms with Gasteiger partial charge in [0.15, 0.2) is 0 Å². The maximum Gasteiger partial charge on any atom is 0.227 e. The maximum atomic E-state index is 12.4. The number of carbonyl (C=O) groups excluding carboxylic acids is 1. The van der Waals surface area contributed by atoms with Crippen LogP contribution in [-0.4, -0.2) is 25.5 Å². The Kier molecular flexibility index (Phi) is 4.37. The molecule has 98 valence electrons. The largest absolute Gasteiger partial charge is 0.316 e. The van der Waals surface area contributed by atoms with Gasteiger partial charge in [-0.1, -0.05) is 18.2 Å². The molecule has 0 aromatic heterocycles. The Morgan fingerprint density at radius 2 is 2.22 bits per heavy atom. The summed E-state index contributed by atoms with van der Waals surface area (Å²) in [7, 11) is 0. The predicted molar refractivity (Wildman–Crippen MR) is 74.8 cm³/mol. The summed E-state index contributed by atoms with van der Waals surface area (Å²) in [6.45, 7) is 6.87. The highest BCUT2D eigenvalue weighted by atomic mass is 16.2. The van der Waals surface area contributed by atoms with Crippen molar-refractivity contribution in [2.45, 2.75) is 26.7 Å². The average Bonchev–Trinajstić information content (AvgIpc) is 2.85. The van der Waals surface area contributed by atoms with E-state index in [0.717, 1.165) is 37.3 Å². The van der Waals surface area contributed by atoms with Gasteiger partial charge in [-0.3, -0.25) is 4.79 Å². The molecule has 1 amide bonds. The number of nitrogens with zero attached hydrogens (tertiary/aromatic N) is 1. The topological polar surface area (TPSA) is 32.3 Å². The second-order valence-electron chi connectivity index (χ2n) is 4.99. The first-order valence-corrected chi connectivity index (χ1v) is 6.79. The molecular formula is C15H22N2O. The molecule has 1 aliphatic rings. The molecule has 1 heterocycles. The van der Waals surface area contributed by atoms with Gasteiger partial charge in [0.2, 0.25) is 5.91 Å². The summed E-state index contributed by atoms with van der Waals surface area (Å²) in [5, 5.41) is 3.32. The Morgan fingerprint density at radius 3 is 2.83 bits per heavy atom. The minimum atomic E-state index is 0.250. The van der Waals surface area contributed by atoms with Crippen molar-refractivity contribution in [3.8, 4) is 0 Å². The molecule has 0 spiro atoms. The van der Waals surface area contributed by atoms with Crippen molar-refractivity contribution in [1.29, 1.82) is 0 Å². The van der Waals surface area contributed by atoms with E-state index in [1.807, 2.05) is 30.0 Å². The number of anilines is 1. The molecule has 1 aromatic carbocycles. The zero-order valence-corrected chi connectivity index (χ0v) is 11.3. The van der Waals surface area contributed by atoms with Crippen LogP contribution in [0.25, 0.3) is 0 Å². The van der Waals surface area contributed by atoms with E-state index >= 15 is 0 Å². The summed E-state index contributed by atoms with van der Waals surface area (Å²) in [6.07, 6.45) is 1.78. The maximum absolute atomic E-state index is 12.4. The van der Waals surface area contributed by atoms with Gasteiger partial charge < -0.3 is 10.2 Å². The molecule has 1 fully saturated rings. The van der Waals surface area contributed by atoms with Crippen LogP contribution in [0, 0.1) is 12.8 Å². The summed E-state index contributed by atoms with van der Waals surface area (Å²) >= 11 is 0. The number of para-hydroxylation sites is 1. The number of benzene rings is 1. The SMILES string of the molecule is CCN(C(=O)CC1CCNC1)c1ccccc1C. The van der Waals surface area contributed by atoms with Crippen molar-refractivity contribution < 1.29 is 4.79 Å². The zero-order chi connectivity index (χ0) is 13.0. The molecule has 1 atom stereocenters. The van der Waals surface area contributed by atoms with E-state index in [1.54, 1.807) is 0 Å². The fraction of sp³-hybridized carbons (Fsp3) is 0.533. The number of carbonyl (C=O) groups is 1. The minimum absolute atomic E-state index is 0.250. The van der Waals surface area contributed by atoms with Crippen LogP contribution in [0.2, 0.25) is 0 Å². The molecule has 1 aliphatic heterocycles. The van der Waals surface area contributed by atoms with Gasteiger partial charge >= 0.3 is 0 Å². The van der Waals surface area contributed by atoms with E-state index < -0.39 is 0 Å². The van der Waals surface area contributed by atoms with Crippen molar-refractivity contribution in [2.75, 3.05) is 24.5 Å². The van der Waals surface area contributed by atoms with Gasteiger partial charge in [-0.2, -0.15) is 0 Å². The minimum Gasteiger partial charge on any atom is -0.316 e. The summed E-state index contributed by atoms with van der Waals surface area (Å²) in [6, 6.07) is 8.10. The van der Waals surface area contributed by atoms with E-state index in [0.29, 0.717) is 12.3 Å². The third-order valence-corrected chi connectivity index (χ3v) is 3.65. The quantitative estimate of drug-likeness (QED) is 0.884. The van der Waals surface area contributed by atoms with Gasteiger partial charge in [-0.15, -0.1) is 0 Å². The van der Waals surface area contributed by atoms with Gasteiger partial charge in [0.05, 0.1) is 0 Å². The van der Waals surface area contributed by atoms with Crippen molar-refractivity contribution in [3.05, 3.63) is 29.8 Å². The van der Waals surface area contributed by atoms with Gasteiger partial charge in [0.25, 0.3) is 0 Å². The lowest BCUT2D eigenvalue weighted by Gasteiger charge is -2.24. The molecule has 1 N–H and O–H groups in total. The van der Waals surface area contributed by atoms with Gasteiger partial charge in [0.1, 0.15) is 0 Å². The van der Waals surface area contributed by atoms with Crippen molar-refractivity contribution in [1.82, 2.24) is 5.32 Å². The number of nitrogens with one attached hydrogen (secondary N) is 1. The van der Waals surface area contributed by atoms with Gasteiger partial charge in [-0.05, 0) is 50.9 Å². The summed E-state index contributed by atoms with van der Waals surface area (Å²) < 4.78 is 0. The molecule has 1 saturated heterocycles. The lowest BCUT2D eigenvalue weighted by molar-refractivity contribution is -0.119. The summed E-state index contributed by atoms with van der Waals surface area (Å²) in [4.78, 5) is 14.3. The molecule has 0 saturated carbocycles. The lowest BCUT2D eigenvalue weighted by Crippen LogP contribution is -2.33. The van der Waals surface area contributed by atoms with E-state index in [4.69, 9.17) is 0 Å². The standard InChI is InChI=1S/C15H22N2O/c1-3-17(14-7-5-4-6-12(14)2)15(18)10-13-8-9-16-11-13/h4-7,13,16H,3,8-11H2,1-2H3. The first-order chi connectivity index (χ1) is 8.72. The van der Waals surface area contributed by atoms with Crippen molar-refractivity contribution in [2.24, 2.45) is 5.92 Å². The van der Waals surface area contributed by atoms with Crippen LogP contribution in [0.15, 0.2) is 24.3 Å². The van der Waals surface area contributed by atoms with Crippen molar-refractivity contribution >= 4 is 11.6 Å². The molecule has 18 heavy (non-hydrogen) atoms. The summed E-state index contributed by atoms with van der Waals surface area (Å²) in [5.41, 5.74) is 2.22. The highest BCUT2D eigenvalue weighted by molar-refractivity contribution is 5.94. The van der Waals surface area contributed by atoms with E-state index in [1.165, 1.54) is 0 Å². The Hall–Kier alpha value is -1.35. The van der Waals surface area contributed by atoms with Gasteiger partial charge in [0, 0.05) is 18.7 Å². The highest BCUT2D eigenvalue weighted by Crippen LogP contribution is 2.22. The fourth-order valence-electron chi connectivity index (χ4n) is 2.59. The Balaban J connectivity index is 2.08. The third-order valence-electron chi connectivity index (χ3n) is 3.65. The average molecular weight is 246 g/mol.